The zero-order valence-electron chi connectivity index (χ0n) is 11.1. The molecule has 4 nitrogen and oxygen atoms in total. The molecule has 1 aromatic heterocycles. The van der Waals surface area contributed by atoms with Gasteiger partial charge in [0, 0.05) is 12.0 Å². The fourth-order valence-electron chi connectivity index (χ4n) is 1.91. The fraction of sp³-hybridized carbons (Fsp3) is 0.333. The van der Waals surface area contributed by atoms with Crippen LogP contribution in [0.5, 0.6) is 5.75 Å². The molecule has 20 heavy (non-hydrogen) atoms. The molecule has 0 radical (unpaired) electrons. The summed E-state index contributed by atoms with van der Waals surface area (Å²) in [5.74, 6) is 3.22. The number of ether oxygens (including phenoxy) is 1. The Morgan fingerprint density at radius 3 is 2.75 bits per heavy atom. The summed E-state index contributed by atoms with van der Waals surface area (Å²) in [6, 6.07) is 11.7. The van der Waals surface area contributed by atoms with Gasteiger partial charge in [-0.25, -0.2) is 9.97 Å². The predicted molar refractivity (Wildman–Crippen MR) is 82.1 cm³/mol. The van der Waals surface area contributed by atoms with Crippen molar-refractivity contribution in [2.45, 2.75) is 18.8 Å². The first-order chi connectivity index (χ1) is 9.81. The van der Waals surface area contributed by atoms with Crippen LogP contribution in [0.15, 0.2) is 41.0 Å². The Hall–Kier alpha value is -1.62. The van der Waals surface area contributed by atoms with Gasteiger partial charge >= 0.3 is 0 Å². The van der Waals surface area contributed by atoms with Crippen LogP contribution >= 0.6 is 15.9 Å². The third kappa shape index (κ3) is 3.70. The molecule has 2 aromatic rings. The van der Waals surface area contributed by atoms with Gasteiger partial charge in [-0.1, -0.05) is 18.2 Å². The van der Waals surface area contributed by atoms with Crippen molar-refractivity contribution in [1.29, 1.82) is 0 Å². The molecule has 1 heterocycles. The first kappa shape index (κ1) is 13.4. The lowest BCUT2D eigenvalue weighted by atomic mass is 10.3. The second-order valence-electron chi connectivity index (χ2n) is 4.80. The highest BCUT2D eigenvalue weighted by Gasteiger charge is 2.27. The third-order valence-corrected chi connectivity index (χ3v) is 3.48. The molecule has 1 N–H and O–H groups in total. The van der Waals surface area contributed by atoms with Crippen molar-refractivity contribution in [3.8, 4) is 5.75 Å². The zero-order chi connectivity index (χ0) is 13.8. The molecule has 0 saturated heterocycles. The molecule has 0 spiro atoms. The van der Waals surface area contributed by atoms with Crippen molar-refractivity contribution >= 4 is 21.7 Å². The Morgan fingerprint density at radius 2 is 2.00 bits per heavy atom. The highest BCUT2D eigenvalue weighted by atomic mass is 79.9. The van der Waals surface area contributed by atoms with Gasteiger partial charge in [0.05, 0.1) is 6.54 Å². The smallest absolute Gasteiger partial charge is 0.135 e. The second kappa shape index (κ2) is 6.22. The molecule has 0 unspecified atom stereocenters. The molecule has 1 aromatic carbocycles. The largest absolute Gasteiger partial charge is 0.492 e. The minimum atomic E-state index is 0.550. The van der Waals surface area contributed by atoms with E-state index in [-0.39, 0.29) is 0 Å². The number of nitrogens with one attached hydrogen (secondary N) is 1. The van der Waals surface area contributed by atoms with Gasteiger partial charge in [-0.05, 0) is 40.9 Å². The first-order valence-corrected chi connectivity index (χ1v) is 7.57. The molecule has 1 aliphatic carbocycles. The number of aromatic nitrogens is 2. The standard InChI is InChI=1S/C15H16BrN3O/c16-13-10-14(19-15(18-13)11-6-7-11)17-8-9-20-12-4-2-1-3-5-12/h1-5,10-11H,6-9H2,(H,17,18,19). The van der Waals surface area contributed by atoms with Crippen molar-refractivity contribution < 1.29 is 4.74 Å². The minimum absolute atomic E-state index is 0.550. The summed E-state index contributed by atoms with van der Waals surface area (Å²) in [6.07, 6.45) is 2.40. The summed E-state index contributed by atoms with van der Waals surface area (Å²) in [5.41, 5.74) is 0. The quantitative estimate of drug-likeness (QED) is 0.648. The zero-order valence-corrected chi connectivity index (χ0v) is 12.6. The molecule has 0 bridgehead atoms. The molecule has 1 aliphatic rings. The Kier molecular flexibility index (Phi) is 4.16. The van der Waals surface area contributed by atoms with E-state index in [4.69, 9.17) is 4.74 Å². The maximum Gasteiger partial charge on any atom is 0.135 e. The lowest BCUT2D eigenvalue weighted by Gasteiger charge is -2.09. The summed E-state index contributed by atoms with van der Waals surface area (Å²) >= 11 is 3.43. The number of anilines is 1. The fourth-order valence-corrected chi connectivity index (χ4v) is 2.31. The summed E-state index contributed by atoms with van der Waals surface area (Å²) in [4.78, 5) is 8.94. The lowest BCUT2D eigenvalue weighted by Crippen LogP contribution is -2.13. The van der Waals surface area contributed by atoms with Crippen LogP contribution in [0.1, 0.15) is 24.6 Å². The Morgan fingerprint density at radius 1 is 1.20 bits per heavy atom. The van der Waals surface area contributed by atoms with E-state index in [2.05, 4.69) is 31.2 Å². The molecular formula is C15H16BrN3O. The SMILES string of the molecule is Brc1cc(NCCOc2ccccc2)nc(C2CC2)n1. The molecule has 1 fully saturated rings. The monoisotopic (exact) mass is 333 g/mol. The lowest BCUT2D eigenvalue weighted by molar-refractivity contribution is 0.332. The number of hydrogen-bond acceptors (Lipinski definition) is 4. The van der Waals surface area contributed by atoms with Crippen LogP contribution in [0, 0.1) is 0 Å². The molecule has 0 aliphatic heterocycles. The minimum Gasteiger partial charge on any atom is -0.492 e. The summed E-state index contributed by atoms with van der Waals surface area (Å²) in [7, 11) is 0. The normalized spacial score (nSPS) is 14.1. The van der Waals surface area contributed by atoms with Crippen LogP contribution in [-0.2, 0) is 0 Å². The van der Waals surface area contributed by atoms with E-state index in [9.17, 15) is 0 Å². The van der Waals surface area contributed by atoms with E-state index in [0.717, 1.165) is 22.0 Å². The molecular weight excluding hydrogens is 318 g/mol. The van der Waals surface area contributed by atoms with Crippen molar-refractivity contribution in [3.05, 3.63) is 46.8 Å². The average molecular weight is 334 g/mol. The number of nitrogens with zero attached hydrogens (tertiary/aromatic N) is 2. The maximum absolute atomic E-state index is 5.63. The van der Waals surface area contributed by atoms with Gasteiger partial charge in [0.1, 0.15) is 28.6 Å². The molecule has 5 heteroatoms. The molecule has 1 saturated carbocycles. The highest BCUT2D eigenvalue weighted by molar-refractivity contribution is 9.10. The van der Waals surface area contributed by atoms with Crippen LogP contribution in [0.25, 0.3) is 0 Å². The highest BCUT2D eigenvalue weighted by Crippen LogP contribution is 2.38. The average Bonchev–Trinajstić information content (AvgIpc) is 3.29. The van der Waals surface area contributed by atoms with Gasteiger partial charge in [-0.3, -0.25) is 0 Å². The van der Waals surface area contributed by atoms with Crippen molar-refractivity contribution in [3.63, 3.8) is 0 Å². The third-order valence-electron chi connectivity index (χ3n) is 3.07. The van der Waals surface area contributed by atoms with Crippen LogP contribution in [0.2, 0.25) is 0 Å². The van der Waals surface area contributed by atoms with Crippen molar-refractivity contribution in [2.24, 2.45) is 0 Å². The van der Waals surface area contributed by atoms with E-state index < -0.39 is 0 Å². The number of rotatable bonds is 6. The van der Waals surface area contributed by atoms with E-state index in [1.807, 2.05) is 36.4 Å². The Labute approximate surface area is 126 Å². The van der Waals surface area contributed by atoms with Gasteiger partial charge in [0.15, 0.2) is 0 Å². The number of para-hydroxylation sites is 1. The number of hydrogen-bond donors (Lipinski definition) is 1. The first-order valence-electron chi connectivity index (χ1n) is 6.77. The van der Waals surface area contributed by atoms with Crippen LogP contribution in [0.4, 0.5) is 5.82 Å². The van der Waals surface area contributed by atoms with Crippen LogP contribution in [-0.4, -0.2) is 23.1 Å². The maximum atomic E-state index is 5.63. The molecule has 104 valence electrons. The molecule has 0 atom stereocenters. The van der Waals surface area contributed by atoms with Crippen LogP contribution < -0.4 is 10.1 Å². The topological polar surface area (TPSA) is 47.0 Å². The second-order valence-corrected chi connectivity index (χ2v) is 5.61. The van der Waals surface area contributed by atoms with Crippen LogP contribution in [0.3, 0.4) is 0 Å². The van der Waals surface area contributed by atoms with Crippen molar-refractivity contribution in [1.82, 2.24) is 9.97 Å². The summed E-state index contributed by atoms with van der Waals surface area (Å²) in [5, 5.41) is 3.27. The number of benzene rings is 1. The molecule has 0 amide bonds. The summed E-state index contributed by atoms with van der Waals surface area (Å²) < 4.78 is 6.46. The number of halogens is 1. The van der Waals surface area contributed by atoms with Gasteiger partial charge in [-0.15, -0.1) is 0 Å². The van der Waals surface area contributed by atoms with Gasteiger partial charge in [0.25, 0.3) is 0 Å². The molecule has 3 rings (SSSR count). The van der Waals surface area contributed by atoms with E-state index in [1.165, 1.54) is 12.8 Å². The summed E-state index contributed by atoms with van der Waals surface area (Å²) in [6.45, 7) is 1.31. The Bertz CT molecular complexity index is 573. The van der Waals surface area contributed by atoms with Gasteiger partial charge in [0.2, 0.25) is 0 Å². The van der Waals surface area contributed by atoms with E-state index in [0.29, 0.717) is 19.1 Å². The van der Waals surface area contributed by atoms with Gasteiger partial charge in [-0.2, -0.15) is 0 Å². The Balaban J connectivity index is 1.51. The van der Waals surface area contributed by atoms with E-state index in [1.54, 1.807) is 0 Å². The van der Waals surface area contributed by atoms with Crippen molar-refractivity contribution in [2.75, 3.05) is 18.5 Å². The predicted octanol–water partition coefficient (Wildman–Crippen LogP) is 3.61. The van der Waals surface area contributed by atoms with E-state index >= 15 is 0 Å². The van der Waals surface area contributed by atoms with Gasteiger partial charge < -0.3 is 10.1 Å².